The monoisotopic (exact) mass is 398 g/mol. The predicted molar refractivity (Wildman–Crippen MR) is 108 cm³/mol. The molecule has 0 N–H and O–H groups in total. The number of fused-ring (bicyclic) bond motifs is 2. The Morgan fingerprint density at radius 1 is 0.786 bits per heavy atom. The topological polar surface area (TPSA) is 95.2 Å². The van der Waals surface area contributed by atoms with E-state index in [-0.39, 0.29) is 5.25 Å². The summed E-state index contributed by atoms with van der Waals surface area (Å²) in [5.74, 6) is 0.134. The molecule has 0 unspecified atom stereocenters. The zero-order valence-corrected chi connectivity index (χ0v) is 16.4. The van der Waals surface area contributed by atoms with Gasteiger partial charge in [0.15, 0.2) is 5.41 Å². The number of rotatable bonds is 2. The molecule has 4 nitrogen and oxygen atoms in total. The first-order chi connectivity index (χ1) is 13.6. The van der Waals surface area contributed by atoms with E-state index in [1.807, 2.05) is 60.7 Å². The fraction of sp³-hybridized carbons (Fsp3) is 0.273. The molecule has 134 valence electrons. The highest BCUT2D eigenvalue weighted by Gasteiger charge is 2.77. The maximum atomic E-state index is 10.3. The summed E-state index contributed by atoms with van der Waals surface area (Å²) in [6.45, 7) is 0. The first-order valence-corrected chi connectivity index (χ1v) is 10.6. The van der Waals surface area contributed by atoms with Gasteiger partial charge >= 0.3 is 0 Å². The summed E-state index contributed by atoms with van der Waals surface area (Å²) in [5, 5.41) is 41.2. The third-order valence-corrected chi connectivity index (χ3v) is 9.64. The summed E-state index contributed by atoms with van der Waals surface area (Å²) in [6.07, 6.45) is 0. The number of hydrogen-bond acceptors (Lipinski definition) is 6. The zero-order valence-electron chi connectivity index (χ0n) is 14.7. The predicted octanol–water partition coefficient (Wildman–Crippen LogP) is 4.55. The Bertz CT molecular complexity index is 1040. The summed E-state index contributed by atoms with van der Waals surface area (Å²) in [6, 6.07) is 27.4. The van der Waals surface area contributed by atoms with Crippen LogP contribution in [-0.2, 0) is 4.08 Å². The van der Waals surface area contributed by atoms with Gasteiger partial charge in [0.05, 0.1) is 24.3 Å². The van der Waals surface area contributed by atoms with Crippen molar-refractivity contribution in [2.75, 3.05) is 5.75 Å². The highest BCUT2D eigenvalue weighted by Crippen LogP contribution is 2.77. The molecule has 2 aliphatic rings. The smallest absolute Gasteiger partial charge is 0.196 e. The van der Waals surface area contributed by atoms with E-state index in [4.69, 9.17) is 0 Å². The standard InChI is InChI=1S/C22H14N4S2/c23-12-20(13-24)19(16-7-3-1-4-8-16)18-11-27-22(28-18,21(20,14-25)15-26)17-9-5-2-6-10-17/h1-10,18-19H,11H2/t18-,19-,22+/m1/s1. The summed E-state index contributed by atoms with van der Waals surface area (Å²) >= 11 is 3.08. The highest BCUT2D eigenvalue weighted by molar-refractivity contribution is 8.21. The van der Waals surface area contributed by atoms with Crippen molar-refractivity contribution >= 4 is 23.5 Å². The van der Waals surface area contributed by atoms with Gasteiger partial charge in [0.2, 0.25) is 5.41 Å². The van der Waals surface area contributed by atoms with Gasteiger partial charge in [0.25, 0.3) is 0 Å². The third-order valence-electron chi connectivity index (χ3n) is 5.69. The van der Waals surface area contributed by atoms with Gasteiger partial charge in [0, 0.05) is 16.9 Å². The molecule has 0 aliphatic carbocycles. The van der Waals surface area contributed by atoms with Crippen LogP contribution in [0, 0.1) is 56.2 Å². The lowest BCUT2D eigenvalue weighted by Gasteiger charge is -2.51. The average molecular weight is 399 g/mol. The van der Waals surface area contributed by atoms with Crippen molar-refractivity contribution in [1.82, 2.24) is 0 Å². The van der Waals surface area contributed by atoms with Crippen LogP contribution in [0.5, 0.6) is 0 Å². The normalized spacial score (nSPS) is 28.9. The van der Waals surface area contributed by atoms with Gasteiger partial charge in [-0.25, -0.2) is 0 Å². The summed E-state index contributed by atoms with van der Waals surface area (Å²) in [5.41, 5.74) is -1.99. The van der Waals surface area contributed by atoms with Crippen LogP contribution in [0.15, 0.2) is 60.7 Å². The van der Waals surface area contributed by atoms with Gasteiger partial charge in [-0.2, -0.15) is 21.0 Å². The molecule has 2 heterocycles. The van der Waals surface area contributed by atoms with Gasteiger partial charge in [0.1, 0.15) is 4.08 Å². The number of benzene rings is 2. The molecule has 0 spiro atoms. The fourth-order valence-electron chi connectivity index (χ4n) is 4.44. The van der Waals surface area contributed by atoms with E-state index in [0.29, 0.717) is 5.75 Å². The molecular formula is C22H14N4S2. The fourth-order valence-corrected chi connectivity index (χ4v) is 8.76. The molecule has 3 atom stereocenters. The minimum Gasteiger partial charge on any atom is -0.196 e. The molecule has 2 saturated heterocycles. The second-order valence-corrected chi connectivity index (χ2v) is 9.79. The first-order valence-electron chi connectivity index (χ1n) is 8.72. The molecule has 28 heavy (non-hydrogen) atoms. The van der Waals surface area contributed by atoms with Gasteiger partial charge in [-0.3, -0.25) is 0 Å². The van der Waals surface area contributed by atoms with Crippen molar-refractivity contribution in [2.45, 2.75) is 15.2 Å². The van der Waals surface area contributed by atoms with Crippen LogP contribution in [-0.4, -0.2) is 11.0 Å². The molecular weight excluding hydrogens is 384 g/mol. The van der Waals surface area contributed by atoms with Crippen molar-refractivity contribution in [3.05, 3.63) is 71.8 Å². The second-order valence-electron chi connectivity index (χ2n) is 6.84. The Kier molecular flexibility index (Phi) is 4.36. The van der Waals surface area contributed by atoms with Gasteiger partial charge in [-0.1, -0.05) is 60.7 Å². The quantitative estimate of drug-likeness (QED) is 0.736. The Balaban J connectivity index is 2.06. The lowest BCUT2D eigenvalue weighted by Crippen LogP contribution is -2.57. The first kappa shape index (κ1) is 18.5. The lowest BCUT2D eigenvalue weighted by atomic mass is 9.55. The van der Waals surface area contributed by atoms with Crippen molar-refractivity contribution in [3.63, 3.8) is 0 Å². The molecule has 6 heteroatoms. The Morgan fingerprint density at radius 2 is 1.36 bits per heavy atom. The van der Waals surface area contributed by atoms with E-state index in [1.165, 1.54) is 11.8 Å². The van der Waals surface area contributed by atoms with Crippen LogP contribution < -0.4 is 0 Å². The molecule has 2 bridgehead atoms. The maximum Gasteiger partial charge on any atom is 0.203 e. The molecule has 2 aromatic carbocycles. The Morgan fingerprint density at radius 3 is 1.89 bits per heavy atom. The van der Waals surface area contributed by atoms with Crippen LogP contribution in [0.1, 0.15) is 17.0 Å². The molecule has 0 amide bonds. The van der Waals surface area contributed by atoms with Crippen molar-refractivity contribution < 1.29 is 0 Å². The van der Waals surface area contributed by atoms with E-state index >= 15 is 0 Å². The zero-order chi connectivity index (χ0) is 19.8. The minimum atomic E-state index is -1.83. The van der Waals surface area contributed by atoms with Crippen LogP contribution in [0.4, 0.5) is 0 Å². The number of nitriles is 4. The van der Waals surface area contributed by atoms with Gasteiger partial charge in [-0.05, 0) is 11.1 Å². The number of thioether (sulfide) groups is 2. The van der Waals surface area contributed by atoms with Crippen LogP contribution in [0.3, 0.4) is 0 Å². The van der Waals surface area contributed by atoms with Crippen molar-refractivity contribution in [3.8, 4) is 24.3 Å². The Hall–Kier alpha value is -2.90. The van der Waals surface area contributed by atoms with Gasteiger partial charge < -0.3 is 0 Å². The van der Waals surface area contributed by atoms with Crippen molar-refractivity contribution in [1.29, 1.82) is 21.0 Å². The Labute approximate surface area is 172 Å². The van der Waals surface area contributed by atoms with Crippen LogP contribution >= 0.6 is 23.5 Å². The number of nitrogens with zero attached hydrogens (tertiary/aromatic N) is 4. The minimum absolute atomic E-state index is 0.0540. The summed E-state index contributed by atoms with van der Waals surface area (Å²) in [7, 11) is 0. The third kappa shape index (κ3) is 2.05. The summed E-state index contributed by atoms with van der Waals surface area (Å²) < 4.78 is -0.987. The SMILES string of the molecule is N#CC1(C#N)[C@H](c2ccccc2)[C@H]2CS[C@@](c3ccccc3)(S2)C1(C#N)C#N. The van der Waals surface area contributed by atoms with Gasteiger partial charge in [-0.15, -0.1) is 23.5 Å². The highest BCUT2D eigenvalue weighted by atomic mass is 32.2. The van der Waals surface area contributed by atoms with Crippen LogP contribution in [0.25, 0.3) is 0 Å². The largest absolute Gasteiger partial charge is 0.203 e. The van der Waals surface area contributed by atoms with Crippen molar-refractivity contribution in [2.24, 2.45) is 10.8 Å². The molecule has 0 radical (unpaired) electrons. The molecule has 2 aliphatic heterocycles. The lowest BCUT2D eigenvalue weighted by molar-refractivity contribution is 0.216. The van der Waals surface area contributed by atoms with Crippen LogP contribution in [0.2, 0.25) is 0 Å². The van der Waals surface area contributed by atoms with E-state index in [0.717, 1.165) is 11.1 Å². The second kappa shape index (κ2) is 6.61. The average Bonchev–Trinajstić information content (AvgIpc) is 3.17. The molecule has 4 rings (SSSR count). The van der Waals surface area contributed by atoms with E-state index in [2.05, 4.69) is 24.3 Å². The van der Waals surface area contributed by atoms with E-state index < -0.39 is 20.8 Å². The molecule has 0 aromatic heterocycles. The number of hydrogen-bond donors (Lipinski definition) is 0. The van der Waals surface area contributed by atoms with E-state index in [9.17, 15) is 21.0 Å². The maximum absolute atomic E-state index is 10.3. The summed E-state index contributed by atoms with van der Waals surface area (Å²) in [4.78, 5) is 0. The molecule has 0 saturated carbocycles. The molecule has 2 aromatic rings. The molecule has 2 fully saturated rings. The van der Waals surface area contributed by atoms with E-state index in [1.54, 1.807) is 11.8 Å².